The van der Waals surface area contributed by atoms with Gasteiger partial charge in [0.05, 0.1) is 0 Å². The van der Waals surface area contributed by atoms with Gasteiger partial charge in [0.2, 0.25) is 5.96 Å². The van der Waals surface area contributed by atoms with E-state index >= 15 is 4.39 Å². The van der Waals surface area contributed by atoms with Crippen LogP contribution < -0.4 is 10.6 Å². The summed E-state index contributed by atoms with van der Waals surface area (Å²) in [5.74, 6) is -0.613. The lowest BCUT2D eigenvalue weighted by molar-refractivity contribution is 0.0554. The number of aliphatic imine (C=N–C) groups is 1. The van der Waals surface area contributed by atoms with E-state index in [1.54, 1.807) is 71.6 Å². The van der Waals surface area contributed by atoms with Crippen LogP contribution in [0.5, 0.6) is 0 Å². The molecule has 0 saturated heterocycles. The van der Waals surface area contributed by atoms with Gasteiger partial charge in [-0.05, 0) is 116 Å². The van der Waals surface area contributed by atoms with E-state index in [4.69, 9.17) is 9.47 Å². The first-order valence-corrected chi connectivity index (χ1v) is 15.5. The zero-order chi connectivity index (χ0) is 34.4. The highest BCUT2D eigenvalue weighted by Crippen LogP contribution is 2.29. The molecule has 2 N–H and O–H groups in total. The van der Waals surface area contributed by atoms with E-state index in [-0.39, 0.29) is 17.7 Å². The van der Waals surface area contributed by atoms with Crippen LogP contribution >= 0.6 is 0 Å². The molecule has 0 fully saturated rings. The number of allylic oxidation sites excluding steroid dienone is 2. The van der Waals surface area contributed by atoms with Gasteiger partial charge in [-0.2, -0.15) is 0 Å². The fourth-order valence-electron chi connectivity index (χ4n) is 4.99. The summed E-state index contributed by atoms with van der Waals surface area (Å²) in [6.07, 6.45) is 3.63. The van der Waals surface area contributed by atoms with Crippen molar-refractivity contribution in [3.8, 4) is 0 Å². The van der Waals surface area contributed by atoms with E-state index in [2.05, 4.69) is 15.6 Å². The van der Waals surface area contributed by atoms with Gasteiger partial charge in [-0.1, -0.05) is 31.2 Å². The minimum Gasteiger partial charge on any atom is -0.444 e. The maximum Gasteiger partial charge on any atom is 0.437 e. The summed E-state index contributed by atoms with van der Waals surface area (Å²) >= 11 is 0. The lowest BCUT2D eigenvalue weighted by Gasteiger charge is -2.30. The van der Waals surface area contributed by atoms with E-state index in [0.717, 1.165) is 22.3 Å². The molecule has 0 aliphatic carbocycles. The predicted octanol–water partition coefficient (Wildman–Crippen LogP) is 8.41. The number of aryl methyl sites for hydroxylation is 1. The van der Waals surface area contributed by atoms with Crippen LogP contribution in [0.3, 0.4) is 0 Å². The molecular weight excluding hydrogens is 587 g/mol. The molecule has 9 nitrogen and oxygen atoms in total. The largest absolute Gasteiger partial charge is 0.444 e. The third-order valence-corrected chi connectivity index (χ3v) is 7.26. The van der Waals surface area contributed by atoms with Gasteiger partial charge in [0.1, 0.15) is 17.0 Å². The maximum absolute atomic E-state index is 15.2. The third kappa shape index (κ3) is 9.76. The molecule has 46 heavy (non-hydrogen) atoms. The molecule has 0 aromatic heterocycles. The number of carbonyl (C=O) groups is 3. The molecule has 0 spiro atoms. The number of anilines is 1. The Morgan fingerprint density at radius 3 is 2.20 bits per heavy atom. The van der Waals surface area contributed by atoms with Gasteiger partial charge in [0.25, 0.3) is 5.91 Å². The molecule has 10 heteroatoms. The van der Waals surface area contributed by atoms with E-state index in [9.17, 15) is 14.4 Å². The van der Waals surface area contributed by atoms with Crippen LogP contribution in [0.4, 0.5) is 19.7 Å². The van der Waals surface area contributed by atoms with Gasteiger partial charge in [-0.3, -0.25) is 10.1 Å². The minimum atomic E-state index is -0.824. The minimum absolute atomic E-state index is 0.0402. The summed E-state index contributed by atoms with van der Waals surface area (Å²) in [4.78, 5) is 44.1. The second kappa shape index (κ2) is 14.7. The highest BCUT2D eigenvalue weighted by molar-refractivity contribution is 6.06. The number of hydrogen-bond acceptors (Lipinski definition) is 5. The number of hydrogen-bond donors (Lipinski definition) is 2. The molecule has 2 aromatic rings. The molecule has 248 valence electrons. The number of alkyl carbamates (subject to hydrolysis) is 1. The Morgan fingerprint density at radius 1 is 1.00 bits per heavy atom. The first kappa shape index (κ1) is 36.0. The third-order valence-electron chi connectivity index (χ3n) is 7.26. The van der Waals surface area contributed by atoms with Crippen molar-refractivity contribution in [3.63, 3.8) is 0 Å². The average Bonchev–Trinajstić information content (AvgIpc) is 2.94. The van der Waals surface area contributed by atoms with Crippen LogP contribution in [0.25, 0.3) is 11.1 Å². The van der Waals surface area contributed by atoms with Crippen LogP contribution in [0.2, 0.25) is 0 Å². The van der Waals surface area contributed by atoms with Crippen molar-refractivity contribution in [3.05, 3.63) is 76.1 Å². The van der Waals surface area contributed by atoms with Gasteiger partial charge in [0, 0.05) is 35.5 Å². The summed E-state index contributed by atoms with van der Waals surface area (Å²) in [6, 6.07) is 9.04. The Hall–Kier alpha value is -4.47. The highest BCUT2D eigenvalue weighted by Gasteiger charge is 2.25. The Labute approximate surface area is 271 Å². The number of guanidine groups is 1. The standard InChI is InChI=1S/C36H47FN4O5/c1-11-24(12-2)28-15-16-29(23(4)30(28)37)38-31(42)27-14-13-26(21-22(27)3)25-17-19-41(20-18-25)32(39-33(43)45-35(5,6)7)40-34(44)46-36(8,9)10/h11,13-17,21H,12,18-20H2,1-10H3,(H,38,42)(H,39,40,43,44)/b24-11+. The van der Waals surface area contributed by atoms with Crippen molar-refractivity contribution in [2.45, 2.75) is 93.3 Å². The van der Waals surface area contributed by atoms with Gasteiger partial charge in [-0.25, -0.2) is 14.0 Å². The first-order valence-electron chi connectivity index (χ1n) is 15.5. The summed E-state index contributed by atoms with van der Waals surface area (Å²) in [5, 5.41) is 5.47. The average molecular weight is 635 g/mol. The van der Waals surface area contributed by atoms with Crippen molar-refractivity contribution < 1.29 is 28.2 Å². The summed E-state index contributed by atoms with van der Waals surface area (Å²) in [7, 11) is 0. The lowest BCUT2D eigenvalue weighted by Crippen LogP contribution is -2.48. The molecule has 3 rings (SSSR count). The number of carbonyl (C=O) groups excluding carboxylic acids is 3. The van der Waals surface area contributed by atoms with Crippen molar-refractivity contribution in [2.24, 2.45) is 4.99 Å². The van der Waals surface area contributed by atoms with E-state index in [0.29, 0.717) is 48.3 Å². The zero-order valence-corrected chi connectivity index (χ0v) is 28.7. The van der Waals surface area contributed by atoms with Gasteiger partial charge >= 0.3 is 12.2 Å². The molecule has 2 aromatic carbocycles. The maximum atomic E-state index is 15.2. The lowest BCUT2D eigenvalue weighted by atomic mass is 9.95. The van der Waals surface area contributed by atoms with E-state index in [1.165, 1.54) is 0 Å². The second-order valence-corrected chi connectivity index (χ2v) is 13.2. The normalized spacial score (nSPS) is 14.4. The summed E-state index contributed by atoms with van der Waals surface area (Å²) in [6.45, 7) is 18.7. The molecule has 0 unspecified atom stereocenters. The monoisotopic (exact) mass is 634 g/mol. The highest BCUT2D eigenvalue weighted by atomic mass is 19.1. The van der Waals surface area contributed by atoms with Crippen LogP contribution in [0.1, 0.15) is 101 Å². The van der Waals surface area contributed by atoms with Gasteiger partial charge in [0.15, 0.2) is 0 Å². The topological polar surface area (TPSA) is 109 Å². The number of nitrogens with one attached hydrogen (secondary N) is 2. The second-order valence-electron chi connectivity index (χ2n) is 13.2. The van der Waals surface area contributed by atoms with Gasteiger partial charge in [-0.15, -0.1) is 4.99 Å². The van der Waals surface area contributed by atoms with Crippen LogP contribution in [0, 0.1) is 19.7 Å². The number of ether oxygens (including phenoxy) is 2. The van der Waals surface area contributed by atoms with Crippen LogP contribution in [-0.4, -0.2) is 53.2 Å². The smallest absolute Gasteiger partial charge is 0.437 e. The van der Waals surface area contributed by atoms with E-state index < -0.39 is 23.4 Å². The number of amides is 3. The molecule has 3 amide bonds. The number of nitrogens with zero attached hydrogens (tertiary/aromatic N) is 2. The van der Waals surface area contributed by atoms with Crippen LogP contribution in [-0.2, 0) is 9.47 Å². The van der Waals surface area contributed by atoms with Crippen molar-refractivity contribution in [2.75, 3.05) is 18.4 Å². The van der Waals surface area contributed by atoms with Crippen LogP contribution in [0.15, 0.2) is 47.5 Å². The molecule has 0 atom stereocenters. The van der Waals surface area contributed by atoms with Crippen molar-refractivity contribution in [1.82, 2.24) is 10.2 Å². The van der Waals surface area contributed by atoms with E-state index in [1.807, 2.05) is 45.1 Å². The molecule has 0 saturated carbocycles. The molecule has 0 bridgehead atoms. The molecule has 0 radical (unpaired) electrons. The Bertz CT molecular complexity index is 1580. The Morgan fingerprint density at radius 2 is 1.65 bits per heavy atom. The van der Waals surface area contributed by atoms with Gasteiger partial charge < -0.3 is 19.7 Å². The number of benzene rings is 2. The quantitative estimate of drug-likeness (QED) is 0.253. The van der Waals surface area contributed by atoms with Crippen molar-refractivity contribution in [1.29, 1.82) is 0 Å². The predicted molar refractivity (Wildman–Crippen MR) is 181 cm³/mol. The molecular formula is C36H47FN4O5. The zero-order valence-electron chi connectivity index (χ0n) is 28.7. The number of halogens is 1. The Kier molecular flexibility index (Phi) is 11.5. The summed E-state index contributed by atoms with van der Waals surface area (Å²) in [5.41, 5.74) is 4.05. The number of rotatable bonds is 5. The van der Waals surface area contributed by atoms with Crippen molar-refractivity contribution >= 4 is 40.9 Å². The first-order chi connectivity index (χ1) is 21.4. The molecule has 1 aliphatic rings. The molecule has 1 heterocycles. The SMILES string of the molecule is C/C=C(\CC)c1ccc(NC(=O)c2ccc(C3=CCN(/C(=N\C(=O)OC(C)(C)C)NC(=O)OC(C)(C)C)CC3)cc2C)c(C)c1F. The fraction of sp³-hybridized carbons (Fsp3) is 0.444. The fourth-order valence-corrected chi connectivity index (χ4v) is 4.99. The summed E-state index contributed by atoms with van der Waals surface area (Å²) < 4.78 is 25.9. The Balaban J connectivity index is 1.78. The molecule has 1 aliphatic heterocycles.